The van der Waals surface area contributed by atoms with Gasteiger partial charge in [-0.2, -0.15) is 0 Å². The smallest absolute Gasteiger partial charge is 0.146 e. The maximum Gasteiger partial charge on any atom is 0.146 e. The second kappa shape index (κ2) is 8.05. The molecule has 0 atom stereocenters. The molecule has 0 radical (unpaired) electrons. The summed E-state index contributed by atoms with van der Waals surface area (Å²) in [5, 5.41) is 2.80. The van der Waals surface area contributed by atoms with Crippen LogP contribution in [0.4, 0.5) is 5.00 Å². The lowest BCUT2D eigenvalue weighted by molar-refractivity contribution is 1.39. The van der Waals surface area contributed by atoms with Crippen LogP contribution in [0.2, 0.25) is 5.02 Å². The van der Waals surface area contributed by atoms with Gasteiger partial charge in [0.2, 0.25) is 0 Å². The van der Waals surface area contributed by atoms with E-state index in [0.717, 1.165) is 32.4 Å². The Morgan fingerprint density at radius 2 is 1.41 bits per heavy atom. The molecule has 0 bridgehead atoms. The van der Waals surface area contributed by atoms with E-state index in [2.05, 4.69) is 4.99 Å². The molecule has 2 nitrogen and oxygen atoms in total. The quantitative estimate of drug-likeness (QED) is 0.321. The van der Waals surface area contributed by atoms with Crippen molar-refractivity contribution in [3.63, 3.8) is 0 Å². The highest BCUT2D eigenvalue weighted by Crippen LogP contribution is 2.40. The zero-order valence-corrected chi connectivity index (χ0v) is 16.5. The van der Waals surface area contributed by atoms with Crippen molar-refractivity contribution in [1.82, 2.24) is 4.98 Å². The van der Waals surface area contributed by atoms with Gasteiger partial charge in [-0.25, -0.2) is 9.98 Å². The summed E-state index contributed by atoms with van der Waals surface area (Å²) in [6, 6.07) is 27.4. The molecule has 0 unspecified atom stereocenters. The van der Waals surface area contributed by atoms with E-state index in [0.29, 0.717) is 10.2 Å². The van der Waals surface area contributed by atoms with Crippen molar-refractivity contribution in [3.8, 4) is 21.8 Å². The Balaban J connectivity index is 1.83. The van der Waals surface area contributed by atoms with Crippen molar-refractivity contribution in [2.24, 2.45) is 4.99 Å². The van der Waals surface area contributed by atoms with Crippen molar-refractivity contribution in [2.45, 2.75) is 0 Å². The minimum atomic E-state index is 0.444. The molecule has 0 amide bonds. The van der Waals surface area contributed by atoms with E-state index in [1.165, 1.54) is 11.3 Å². The fourth-order valence-electron chi connectivity index (χ4n) is 2.62. The average molecular weight is 409 g/mol. The van der Waals surface area contributed by atoms with Gasteiger partial charge in [-0.15, -0.1) is 0 Å². The fraction of sp³-hybridized carbons (Fsp3) is 0. The van der Waals surface area contributed by atoms with Crippen LogP contribution in [0.5, 0.6) is 0 Å². The molecule has 132 valence electrons. The number of hydrogen-bond donors (Lipinski definition) is 0. The van der Waals surface area contributed by atoms with E-state index in [9.17, 15) is 0 Å². The maximum absolute atomic E-state index is 6.49. The molecule has 0 spiro atoms. The number of halogens is 2. The SMILES string of the molecule is ClC(=Nc1sc(-c2ccc(Cl)cc2)nc1-c1ccccc1)c1ccccc1. The molecule has 0 aliphatic heterocycles. The number of nitrogens with zero attached hydrogens (tertiary/aromatic N) is 2. The molecular weight excluding hydrogens is 395 g/mol. The predicted octanol–water partition coefficient (Wildman–Crippen LogP) is 7.45. The van der Waals surface area contributed by atoms with Gasteiger partial charge in [-0.1, -0.05) is 107 Å². The summed E-state index contributed by atoms with van der Waals surface area (Å²) >= 11 is 14.0. The minimum Gasteiger partial charge on any atom is -0.234 e. The first kappa shape index (κ1) is 17.9. The lowest BCUT2D eigenvalue weighted by Crippen LogP contribution is -1.89. The van der Waals surface area contributed by atoms with E-state index in [1.807, 2.05) is 84.9 Å². The van der Waals surface area contributed by atoms with E-state index in [4.69, 9.17) is 28.2 Å². The Kier molecular flexibility index (Phi) is 5.35. The first-order valence-corrected chi connectivity index (χ1v) is 9.90. The zero-order chi connectivity index (χ0) is 18.6. The predicted molar refractivity (Wildman–Crippen MR) is 116 cm³/mol. The van der Waals surface area contributed by atoms with Gasteiger partial charge in [-0.3, -0.25) is 0 Å². The highest BCUT2D eigenvalue weighted by atomic mass is 35.5. The lowest BCUT2D eigenvalue weighted by Gasteiger charge is -2.00. The Morgan fingerprint density at radius 3 is 2.07 bits per heavy atom. The maximum atomic E-state index is 6.49. The largest absolute Gasteiger partial charge is 0.234 e. The van der Waals surface area contributed by atoms with Crippen LogP contribution < -0.4 is 0 Å². The normalized spacial score (nSPS) is 11.6. The van der Waals surface area contributed by atoms with Gasteiger partial charge in [0.15, 0.2) is 0 Å². The van der Waals surface area contributed by atoms with E-state index < -0.39 is 0 Å². The summed E-state index contributed by atoms with van der Waals surface area (Å²) in [5.74, 6) is 0. The van der Waals surface area contributed by atoms with Gasteiger partial charge in [0.25, 0.3) is 0 Å². The van der Waals surface area contributed by atoms with E-state index in [-0.39, 0.29) is 0 Å². The van der Waals surface area contributed by atoms with Crippen LogP contribution in [-0.4, -0.2) is 10.2 Å². The molecule has 1 heterocycles. The van der Waals surface area contributed by atoms with Crippen molar-refractivity contribution >= 4 is 44.7 Å². The van der Waals surface area contributed by atoms with Crippen molar-refractivity contribution in [2.75, 3.05) is 0 Å². The number of hydrogen-bond acceptors (Lipinski definition) is 3. The average Bonchev–Trinajstić information content (AvgIpc) is 3.13. The third-order valence-corrected chi connectivity index (χ3v) is 5.51. The van der Waals surface area contributed by atoms with Gasteiger partial charge in [0.05, 0.1) is 0 Å². The molecular formula is C22H14Cl2N2S. The van der Waals surface area contributed by atoms with Crippen molar-refractivity contribution < 1.29 is 0 Å². The molecule has 5 heteroatoms. The molecule has 3 aromatic carbocycles. The Hall–Kier alpha value is -2.46. The highest BCUT2D eigenvalue weighted by molar-refractivity contribution is 7.19. The molecule has 0 N–H and O–H groups in total. The second-order valence-corrected chi connectivity index (χ2v) is 7.59. The van der Waals surface area contributed by atoms with E-state index >= 15 is 0 Å². The summed E-state index contributed by atoms with van der Waals surface area (Å²) < 4.78 is 0. The molecule has 0 saturated carbocycles. The number of thiazole rings is 1. The van der Waals surface area contributed by atoms with Gasteiger partial charge in [-0.05, 0) is 12.1 Å². The molecule has 4 aromatic rings. The first-order chi connectivity index (χ1) is 13.2. The number of aliphatic imine (C=N–C) groups is 1. The fourth-order valence-corrected chi connectivity index (χ4v) is 3.97. The number of aromatic nitrogens is 1. The van der Waals surface area contributed by atoms with Crippen LogP contribution >= 0.6 is 34.5 Å². The van der Waals surface area contributed by atoms with Crippen LogP contribution in [0.1, 0.15) is 5.56 Å². The van der Waals surface area contributed by atoms with Gasteiger partial charge in [0, 0.05) is 21.7 Å². The third-order valence-electron chi connectivity index (χ3n) is 3.96. The van der Waals surface area contributed by atoms with Crippen molar-refractivity contribution in [3.05, 3.63) is 95.5 Å². The molecule has 0 saturated heterocycles. The molecule has 0 fully saturated rings. The van der Waals surface area contributed by atoms with Crippen LogP contribution in [0.25, 0.3) is 21.8 Å². The van der Waals surface area contributed by atoms with Gasteiger partial charge in [0.1, 0.15) is 20.9 Å². The Bertz CT molecular complexity index is 1070. The number of rotatable bonds is 4. The molecule has 0 aliphatic rings. The summed E-state index contributed by atoms with van der Waals surface area (Å²) in [4.78, 5) is 9.52. The molecule has 1 aromatic heterocycles. The standard InChI is InChI=1S/C22H14Cl2N2S/c23-18-13-11-17(12-14-18)21-25-19(15-7-3-1-4-8-15)22(27-21)26-20(24)16-9-5-2-6-10-16/h1-14H. The summed E-state index contributed by atoms with van der Waals surface area (Å²) in [6.07, 6.45) is 0. The van der Waals surface area contributed by atoms with Crippen LogP contribution in [0.15, 0.2) is 89.9 Å². The van der Waals surface area contributed by atoms with E-state index in [1.54, 1.807) is 0 Å². The van der Waals surface area contributed by atoms with Crippen LogP contribution in [-0.2, 0) is 0 Å². The topological polar surface area (TPSA) is 25.2 Å². The Labute approximate surface area is 171 Å². The zero-order valence-electron chi connectivity index (χ0n) is 14.1. The van der Waals surface area contributed by atoms with Gasteiger partial charge >= 0.3 is 0 Å². The Morgan fingerprint density at radius 1 is 0.778 bits per heavy atom. The second-order valence-electron chi connectivity index (χ2n) is 5.81. The third kappa shape index (κ3) is 4.11. The number of benzene rings is 3. The summed E-state index contributed by atoms with van der Waals surface area (Å²) in [7, 11) is 0. The molecule has 27 heavy (non-hydrogen) atoms. The van der Waals surface area contributed by atoms with Crippen LogP contribution in [0.3, 0.4) is 0 Å². The lowest BCUT2D eigenvalue weighted by atomic mass is 10.1. The van der Waals surface area contributed by atoms with Crippen LogP contribution in [0, 0.1) is 0 Å². The first-order valence-electron chi connectivity index (χ1n) is 8.32. The minimum absolute atomic E-state index is 0.444. The summed E-state index contributed by atoms with van der Waals surface area (Å²) in [5.41, 5.74) is 3.70. The summed E-state index contributed by atoms with van der Waals surface area (Å²) in [6.45, 7) is 0. The molecule has 4 rings (SSSR count). The highest BCUT2D eigenvalue weighted by Gasteiger charge is 2.15. The monoisotopic (exact) mass is 408 g/mol. The van der Waals surface area contributed by atoms with Crippen molar-refractivity contribution in [1.29, 1.82) is 0 Å². The van der Waals surface area contributed by atoms with Gasteiger partial charge < -0.3 is 0 Å². The molecule has 0 aliphatic carbocycles.